The van der Waals surface area contributed by atoms with Crippen LogP contribution in [0, 0.1) is 13.8 Å². The van der Waals surface area contributed by atoms with E-state index in [-0.39, 0.29) is 17.9 Å². The lowest BCUT2D eigenvalue weighted by Crippen LogP contribution is -2.34. The zero-order valence-corrected chi connectivity index (χ0v) is 13.9. The first-order valence-electron chi connectivity index (χ1n) is 7.90. The third-order valence-corrected chi connectivity index (χ3v) is 4.99. The molecule has 4 rings (SSSR count). The molecule has 5 nitrogen and oxygen atoms in total. The summed E-state index contributed by atoms with van der Waals surface area (Å²) in [6, 6.07) is 2.82. The highest BCUT2D eigenvalue weighted by atomic mass is 35.5. The number of hydrogen-bond acceptors (Lipinski definition) is 4. The lowest BCUT2D eigenvalue weighted by molar-refractivity contribution is 0.372. The van der Waals surface area contributed by atoms with Gasteiger partial charge in [0.2, 0.25) is 0 Å². The van der Waals surface area contributed by atoms with Gasteiger partial charge in [-0.25, -0.2) is 0 Å². The van der Waals surface area contributed by atoms with E-state index < -0.39 is 0 Å². The minimum Gasteiger partial charge on any atom is -0.345 e. The van der Waals surface area contributed by atoms with Crippen molar-refractivity contribution in [1.82, 2.24) is 14.7 Å². The minimum absolute atomic E-state index is 0. The van der Waals surface area contributed by atoms with Crippen molar-refractivity contribution in [1.29, 1.82) is 0 Å². The predicted molar refractivity (Wildman–Crippen MR) is 87.1 cm³/mol. The Morgan fingerprint density at radius 2 is 1.95 bits per heavy atom. The molecule has 22 heavy (non-hydrogen) atoms. The maximum Gasteiger partial charge on any atom is 0.259 e. The van der Waals surface area contributed by atoms with Crippen LogP contribution in [0.5, 0.6) is 0 Å². The number of nitrogens with two attached hydrogens (primary N) is 1. The quantitative estimate of drug-likeness (QED) is 0.936. The first-order chi connectivity index (χ1) is 10.1. The van der Waals surface area contributed by atoms with Gasteiger partial charge in [0, 0.05) is 17.4 Å². The van der Waals surface area contributed by atoms with Crippen molar-refractivity contribution in [3.63, 3.8) is 0 Å². The Hall–Kier alpha value is -1.33. The Bertz CT molecular complexity index is 680. The number of nitrogens with zero attached hydrogens (tertiary/aromatic N) is 3. The van der Waals surface area contributed by atoms with Gasteiger partial charge in [0.15, 0.2) is 5.82 Å². The van der Waals surface area contributed by atoms with Crippen LogP contribution in [-0.4, -0.2) is 14.7 Å². The van der Waals surface area contributed by atoms with Crippen molar-refractivity contribution in [2.24, 2.45) is 5.73 Å². The fraction of sp³-hybridized carbons (Fsp3) is 0.625. The van der Waals surface area contributed by atoms with Crippen LogP contribution in [0.3, 0.4) is 0 Å². The Kier molecular flexibility index (Phi) is 3.81. The molecule has 2 aromatic rings. The monoisotopic (exact) mass is 322 g/mol. The second-order valence-electron chi connectivity index (χ2n) is 6.67. The maximum atomic E-state index is 6.41. The molecular formula is C16H23ClN4O. The molecule has 2 fully saturated rings. The summed E-state index contributed by atoms with van der Waals surface area (Å²) in [5, 5.41) is 4.17. The second-order valence-corrected chi connectivity index (χ2v) is 6.67. The SMILES string of the molecule is Cc1cc(-c2nc(C3(N)CCCC3)no2)c(C)n1C1CC1.Cl. The third-order valence-electron chi connectivity index (χ3n) is 4.99. The van der Waals surface area contributed by atoms with Crippen molar-refractivity contribution in [2.45, 2.75) is 64.0 Å². The molecule has 0 saturated heterocycles. The van der Waals surface area contributed by atoms with Crippen LogP contribution >= 0.6 is 12.4 Å². The molecule has 0 aromatic carbocycles. The van der Waals surface area contributed by atoms with Gasteiger partial charge in [0.1, 0.15) is 0 Å². The van der Waals surface area contributed by atoms with Crippen molar-refractivity contribution in [3.05, 3.63) is 23.3 Å². The molecule has 6 heteroatoms. The van der Waals surface area contributed by atoms with E-state index in [1.165, 1.54) is 24.2 Å². The van der Waals surface area contributed by atoms with Gasteiger partial charge in [-0.3, -0.25) is 0 Å². The first-order valence-corrected chi connectivity index (χ1v) is 7.90. The highest BCUT2D eigenvalue weighted by Gasteiger charge is 2.36. The summed E-state index contributed by atoms with van der Waals surface area (Å²) in [7, 11) is 0. The number of rotatable bonds is 3. The Morgan fingerprint density at radius 1 is 1.27 bits per heavy atom. The highest BCUT2D eigenvalue weighted by molar-refractivity contribution is 5.85. The molecule has 2 N–H and O–H groups in total. The summed E-state index contributed by atoms with van der Waals surface area (Å²) in [5.74, 6) is 1.29. The lowest BCUT2D eigenvalue weighted by Gasteiger charge is -2.17. The lowest BCUT2D eigenvalue weighted by atomic mass is 9.99. The fourth-order valence-electron chi connectivity index (χ4n) is 3.65. The average Bonchev–Trinajstić information content (AvgIpc) is 2.89. The molecule has 2 heterocycles. The van der Waals surface area contributed by atoms with Crippen molar-refractivity contribution in [3.8, 4) is 11.5 Å². The number of hydrogen-bond donors (Lipinski definition) is 1. The van der Waals surface area contributed by atoms with Crippen LogP contribution < -0.4 is 5.73 Å². The fourth-order valence-corrected chi connectivity index (χ4v) is 3.65. The Labute approximate surface area is 136 Å². The van der Waals surface area contributed by atoms with Gasteiger partial charge in [-0.1, -0.05) is 18.0 Å². The summed E-state index contributed by atoms with van der Waals surface area (Å²) in [4.78, 5) is 4.61. The summed E-state index contributed by atoms with van der Waals surface area (Å²) in [6.07, 6.45) is 6.75. The van der Waals surface area contributed by atoms with Crippen LogP contribution in [-0.2, 0) is 5.54 Å². The molecule has 0 bridgehead atoms. The normalized spacial score (nSPS) is 20.1. The molecule has 2 saturated carbocycles. The van der Waals surface area contributed by atoms with E-state index in [2.05, 4.69) is 34.6 Å². The van der Waals surface area contributed by atoms with Crippen LogP contribution in [0.4, 0.5) is 0 Å². The molecule has 2 aliphatic carbocycles. The van der Waals surface area contributed by atoms with Gasteiger partial charge in [-0.15, -0.1) is 12.4 Å². The van der Waals surface area contributed by atoms with Crippen molar-refractivity contribution >= 4 is 12.4 Å². The van der Waals surface area contributed by atoms with E-state index >= 15 is 0 Å². The van der Waals surface area contributed by atoms with Gasteiger partial charge in [0.25, 0.3) is 5.89 Å². The average molecular weight is 323 g/mol. The standard InChI is InChI=1S/C16H22N4O.ClH/c1-10-9-13(11(2)20(10)12-5-6-12)14-18-15(19-21-14)16(17)7-3-4-8-16;/h9,12H,3-8,17H2,1-2H3;1H. The summed E-state index contributed by atoms with van der Waals surface area (Å²) >= 11 is 0. The van der Waals surface area contributed by atoms with Crippen molar-refractivity contribution in [2.75, 3.05) is 0 Å². The van der Waals surface area contributed by atoms with Crippen LogP contribution in [0.1, 0.15) is 61.8 Å². The van der Waals surface area contributed by atoms with E-state index in [0.717, 1.165) is 31.2 Å². The zero-order valence-electron chi connectivity index (χ0n) is 13.1. The molecule has 0 radical (unpaired) electrons. The smallest absolute Gasteiger partial charge is 0.259 e. The molecular weight excluding hydrogens is 300 g/mol. The number of aryl methyl sites for hydroxylation is 1. The Morgan fingerprint density at radius 3 is 2.59 bits per heavy atom. The van der Waals surface area contributed by atoms with E-state index in [1.807, 2.05) is 0 Å². The molecule has 120 valence electrons. The minimum atomic E-state index is -0.385. The summed E-state index contributed by atoms with van der Waals surface area (Å²) in [5.41, 5.74) is 9.58. The van der Waals surface area contributed by atoms with Gasteiger partial charge in [0.05, 0.1) is 11.1 Å². The number of halogens is 1. The molecule has 0 spiro atoms. The van der Waals surface area contributed by atoms with Crippen molar-refractivity contribution < 1.29 is 4.52 Å². The highest BCUT2D eigenvalue weighted by Crippen LogP contribution is 2.41. The van der Waals surface area contributed by atoms with Gasteiger partial charge in [-0.05, 0) is 45.6 Å². The zero-order chi connectivity index (χ0) is 14.6. The number of aromatic nitrogens is 3. The second kappa shape index (κ2) is 5.39. The third kappa shape index (κ3) is 2.36. The van der Waals surface area contributed by atoms with E-state index in [9.17, 15) is 0 Å². The first kappa shape index (κ1) is 15.6. The van der Waals surface area contributed by atoms with E-state index in [4.69, 9.17) is 10.3 Å². The molecule has 0 atom stereocenters. The molecule has 2 aliphatic rings. The Balaban J connectivity index is 0.00000144. The predicted octanol–water partition coefficient (Wildman–Crippen LogP) is 3.64. The van der Waals surface area contributed by atoms with Gasteiger partial charge < -0.3 is 14.8 Å². The molecule has 2 aromatic heterocycles. The topological polar surface area (TPSA) is 69.9 Å². The molecule has 0 amide bonds. The van der Waals surface area contributed by atoms with Gasteiger partial charge in [-0.2, -0.15) is 4.98 Å². The maximum absolute atomic E-state index is 6.41. The van der Waals surface area contributed by atoms with Crippen LogP contribution in [0.25, 0.3) is 11.5 Å². The van der Waals surface area contributed by atoms with E-state index in [1.54, 1.807) is 0 Å². The van der Waals surface area contributed by atoms with E-state index in [0.29, 0.717) is 17.8 Å². The summed E-state index contributed by atoms with van der Waals surface area (Å²) in [6.45, 7) is 4.28. The van der Waals surface area contributed by atoms with Crippen LogP contribution in [0.2, 0.25) is 0 Å². The molecule has 0 unspecified atom stereocenters. The summed E-state index contributed by atoms with van der Waals surface area (Å²) < 4.78 is 7.92. The largest absolute Gasteiger partial charge is 0.345 e. The van der Waals surface area contributed by atoms with Gasteiger partial charge >= 0.3 is 0 Å². The molecule has 0 aliphatic heterocycles. The van der Waals surface area contributed by atoms with Crippen LogP contribution in [0.15, 0.2) is 10.6 Å².